The maximum atomic E-state index is 13.7. The number of benzene rings is 2. The molecule has 1 unspecified atom stereocenters. The predicted octanol–water partition coefficient (Wildman–Crippen LogP) is 1.66. The largest absolute Gasteiger partial charge is 0.478 e. The van der Waals surface area contributed by atoms with E-state index in [4.69, 9.17) is 15.6 Å². The quantitative estimate of drug-likeness (QED) is 0.245. The molecule has 1 saturated heterocycles. The van der Waals surface area contributed by atoms with E-state index in [0.29, 0.717) is 25.9 Å². The number of carbonyl (C=O) groups excluding carboxylic acids is 3. The van der Waals surface area contributed by atoms with Gasteiger partial charge in [0.2, 0.25) is 12.0 Å². The van der Waals surface area contributed by atoms with Crippen molar-refractivity contribution in [3.63, 3.8) is 0 Å². The third kappa shape index (κ3) is 8.51. The molecule has 3 amide bonds. The molecule has 38 heavy (non-hydrogen) atoms. The Labute approximate surface area is 217 Å². The van der Waals surface area contributed by atoms with E-state index < -0.39 is 47.8 Å². The highest BCUT2D eigenvalue weighted by Crippen LogP contribution is 2.16. The summed E-state index contributed by atoms with van der Waals surface area (Å²) >= 11 is 0. The summed E-state index contributed by atoms with van der Waals surface area (Å²) < 4.78 is 32.1. The summed E-state index contributed by atoms with van der Waals surface area (Å²) in [6, 6.07) is 7.93. The van der Waals surface area contributed by atoms with Crippen LogP contribution in [-0.4, -0.2) is 60.3 Å². The summed E-state index contributed by atoms with van der Waals surface area (Å²) in [5.74, 6) is -2.98. The van der Waals surface area contributed by atoms with Crippen molar-refractivity contribution in [1.29, 1.82) is 0 Å². The number of amides is 3. The minimum atomic E-state index is -1.05. The van der Waals surface area contributed by atoms with Crippen LogP contribution in [0.25, 0.3) is 0 Å². The van der Waals surface area contributed by atoms with Crippen molar-refractivity contribution in [3.05, 3.63) is 70.8 Å². The van der Waals surface area contributed by atoms with Crippen molar-refractivity contribution in [2.24, 2.45) is 5.73 Å². The van der Waals surface area contributed by atoms with E-state index in [1.54, 1.807) is 12.1 Å². The van der Waals surface area contributed by atoms with Gasteiger partial charge in [-0.05, 0) is 67.1 Å². The predicted molar refractivity (Wildman–Crippen MR) is 132 cm³/mol. The summed E-state index contributed by atoms with van der Waals surface area (Å²) in [4.78, 5) is 47.3. The minimum Gasteiger partial charge on any atom is -0.478 e. The van der Waals surface area contributed by atoms with E-state index in [1.165, 1.54) is 12.1 Å². The maximum absolute atomic E-state index is 13.7. The molecule has 0 aromatic heterocycles. The molecular formula is C26H30F2N4O6. The third-order valence-corrected chi connectivity index (χ3v) is 5.98. The number of carboxylic acids is 1. The van der Waals surface area contributed by atoms with Crippen LogP contribution in [0.5, 0.6) is 0 Å². The number of halogens is 2. The van der Waals surface area contributed by atoms with Crippen molar-refractivity contribution in [1.82, 2.24) is 16.0 Å². The molecule has 0 radical (unpaired) electrons. The zero-order valence-corrected chi connectivity index (χ0v) is 20.5. The third-order valence-electron chi connectivity index (χ3n) is 5.98. The smallest absolute Gasteiger partial charge is 0.408 e. The van der Waals surface area contributed by atoms with E-state index in [0.717, 1.165) is 23.8 Å². The molecule has 0 saturated carbocycles. The van der Waals surface area contributed by atoms with Gasteiger partial charge in [-0.3, -0.25) is 9.59 Å². The van der Waals surface area contributed by atoms with Gasteiger partial charge in [-0.2, -0.15) is 0 Å². The monoisotopic (exact) mass is 532 g/mol. The number of nitrogens with two attached hydrogens (primary N) is 1. The lowest BCUT2D eigenvalue weighted by Gasteiger charge is -2.17. The molecule has 12 heteroatoms. The number of carboxylic acid groups (broad SMARTS) is 1. The van der Waals surface area contributed by atoms with Crippen LogP contribution in [0.2, 0.25) is 0 Å². The van der Waals surface area contributed by atoms with Gasteiger partial charge in [0, 0.05) is 25.6 Å². The molecule has 10 nitrogen and oxygen atoms in total. The number of hydrogen-bond acceptors (Lipinski definition) is 6. The standard InChI is InChI=1S/C26H30F2N4O6/c27-18-7-8-20(28)17(12-18)13-19(29)14-22(33)30-9-1-2-10-31-24(34)23-21(32-26(37)38-23)11-15-3-5-16(6-4-15)25(35)36/h3-8,12,19,21,23H,1-2,9-11,13-14,29H2,(H,30,33)(H,31,34)(H,32,37)(H,35,36)/t19?,21-,23+/m1/s1. The van der Waals surface area contributed by atoms with E-state index in [-0.39, 0.29) is 36.3 Å². The molecule has 204 valence electrons. The fraction of sp³-hybridized carbons (Fsp3) is 0.385. The second-order valence-electron chi connectivity index (χ2n) is 9.04. The highest BCUT2D eigenvalue weighted by Gasteiger charge is 2.39. The van der Waals surface area contributed by atoms with E-state index in [9.17, 15) is 28.0 Å². The van der Waals surface area contributed by atoms with Gasteiger partial charge in [0.15, 0.2) is 0 Å². The summed E-state index contributed by atoms with van der Waals surface area (Å²) in [6.07, 6.45) is -0.386. The first-order valence-electron chi connectivity index (χ1n) is 12.2. The lowest BCUT2D eigenvalue weighted by molar-refractivity contribution is -0.128. The van der Waals surface area contributed by atoms with Crippen molar-refractivity contribution >= 4 is 23.9 Å². The molecule has 0 bridgehead atoms. The van der Waals surface area contributed by atoms with Crippen LogP contribution in [0.3, 0.4) is 0 Å². The Bertz CT molecular complexity index is 1160. The number of alkyl carbamates (subject to hydrolysis) is 1. The van der Waals surface area contributed by atoms with Gasteiger partial charge in [-0.1, -0.05) is 12.1 Å². The molecule has 1 aliphatic rings. The van der Waals surface area contributed by atoms with Gasteiger partial charge in [0.1, 0.15) is 11.6 Å². The molecule has 3 rings (SSSR count). The average molecular weight is 533 g/mol. The second-order valence-corrected chi connectivity index (χ2v) is 9.04. The van der Waals surface area contributed by atoms with Crippen molar-refractivity contribution < 1.29 is 37.8 Å². The normalized spacial score (nSPS) is 17.3. The molecule has 1 heterocycles. The molecular weight excluding hydrogens is 502 g/mol. The molecule has 1 aliphatic heterocycles. The summed E-state index contributed by atoms with van der Waals surface area (Å²) in [6.45, 7) is 0.631. The topological polar surface area (TPSA) is 160 Å². The Morgan fingerprint density at radius 2 is 1.74 bits per heavy atom. The van der Waals surface area contributed by atoms with Crippen LogP contribution in [0, 0.1) is 11.6 Å². The first kappa shape index (κ1) is 28.5. The Kier molecular flexibility index (Phi) is 10.1. The molecule has 0 spiro atoms. The summed E-state index contributed by atoms with van der Waals surface area (Å²) in [7, 11) is 0. The summed E-state index contributed by atoms with van der Waals surface area (Å²) in [5.41, 5.74) is 6.88. The lowest BCUT2D eigenvalue weighted by atomic mass is 10.0. The number of hydrogen-bond donors (Lipinski definition) is 5. The first-order valence-corrected chi connectivity index (χ1v) is 12.2. The van der Waals surface area contributed by atoms with Gasteiger partial charge < -0.3 is 31.5 Å². The van der Waals surface area contributed by atoms with Crippen LogP contribution < -0.4 is 21.7 Å². The van der Waals surface area contributed by atoms with Gasteiger partial charge in [-0.25, -0.2) is 18.4 Å². The van der Waals surface area contributed by atoms with Gasteiger partial charge in [0.25, 0.3) is 5.91 Å². The van der Waals surface area contributed by atoms with Crippen molar-refractivity contribution in [2.75, 3.05) is 13.1 Å². The van der Waals surface area contributed by atoms with E-state index in [1.807, 2.05) is 0 Å². The number of carbonyl (C=O) groups is 4. The maximum Gasteiger partial charge on any atom is 0.408 e. The lowest BCUT2D eigenvalue weighted by Crippen LogP contribution is -2.44. The Balaban J connectivity index is 1.33. The number of cyclic esters (lactones) is 1. The highest BCUT2D eigenvalue weighted by atomic mass is 19.1. The molecule has 2 aromatic carbocycles. The Morgan fingerprint density at radius 3 is 2.42 bits per heavy atom. The molecule has 2 aromatic rings. The molecule has 3 atom stereocenters. The van der Waals surface area contributed by atoms with Crippen LogP contribution in [0.1, 0.15) is 40.7 Å². The molecule has 6 N–H and O–H groups in total. The van der Waals surface area contributed by atoms with E-state index >= 15 is 0 Å². The van der Waals surface area contributed by atoms with Crippen LogP contribution in [0.4, 0.5) is 13.6 Å². The van der Waals surface area contributed by atoms with E-state index in [2.05, 4.69) is 16.0 Å². The average Bonchev–Trinajstić information content (AvgIpc) is 3.23. The second kappa shape index (κ2) is 13.5. The van der Waals surface area contributed by atoms with Gasteiger partial charge in [0.05, 0.1) is 11.6 Å². The number of nitrogens with one attached hydrogen (secondary N) is 3. The fourth-order valence-electron chi connectivity index (χ4n) is 4.04. The number of ether oxygens (including phenoxy) is 1. The van der Waals surface area contributed by atoms with Crippen molar-refractivity contribution in [2.45, 2.75) is 50.3 Å². The molecule has 1 fully saturated rings. The van der Waals surface area contributed by atoms with Gasteiger partial charge >= 0.3 is 12.1 Å². The van der Waals surface area contributed by atoms with Crippen molar-refractivity contribution in [3.8, 4) is 0 Å². The van der Waals surface area contributed by atoms with Gasteiger partial charge in [-0.15, -0.1) is 0 Å². The first-order chi connectivity index (χ1) is 18.1. The Morgan fingerprint density at radius 1 is 1.05 bits per heavy atom. The van der Waals surface area contributed by atoms with Crippen LogP contribution in [0.15, 0.2) is 42.5 Å². The highest BCUT2D eigenvalue weighted by molar-refractivity contribution is 5.88. The zero-order valence-electron chi connectivity index (χ0n) is 20.5. The summed E-state index contributed by atoms with van der Waals surface area (Å²) in [5, 5.41) is 17.0. The Hall–Kier alpha value is -4.06. The SMILES string of the molecule is NC(CC(=O)NCCCCNC(=O)[C@H]1OC(=O)N[C@@H]1Cc1ccc(C(=O)O)cc1)Cc1cc(F)ccc1F. The fourth-order valence-corrected chi connectivity index (χ4v) is 4.04. The van der Waals surface area contributed by atoms with Crippen LogP contribution in [-0.2, 0) is 27.2 Å². The molecule has 0 aliphatic carbocycles. The van der Waals surface area contributed by atoms with Crippen LogP contribution >= 0.6 is 0 Å². The number of aromatic carboxylic acids is 1. The minimum absolute atomic E-state index is 0.0261. The zero-order chi connectivity index (χ0) is 27.7. The number of unbranched alkanes of at least 4 members (excludes halogenated alkanes) is 1. The number of rotatable bonds is 13.